The lowest BCUT2D eigenvalue weighted by Gasteiger charge is -2.27. The number of benzene rings is 2. The van der Waals surface area contributed by atoms with Crippen molar-refractivity contribution in [2.45, 2.75) is 12.6 Å². The molecule has 1 aliphatic rings. The normalized spacial score (nSPS) is 14.1. The van der Waals surface area contributed by atoms with Gasteiger partial charge in [0.25, 0.3) is 11.8 Å². The quantitative estimate of drug-likeness (QED) is 0.561. The van der Waals surface area contributed by atoms with Gasteiger partial charge in [0.15, 0.2) is 5.13 Å². The Labute approximate surface area is 170 Å². The second-order valence-corrected chi connectivity index (χ2v) is 7.72. The molecule has 29 heavy (non-hydrogen) atoms. The number of anilines is 1. The smallest absolute Gasteiger partial charge is 0.255 e. The minimum atomic E-state index is -0.754. The summed E-state index contributed by atoms with van der Waals surface area (Å²) in [7, 11) is 0. The molecule has 0 bridgehead atoms. The standard InChI is InChI=1S/C22H16N4O2S/c27-19(25-22-24-17-11-6-12-23-20(17)29-22)18(14-7-2-1-3-8-14)26-13-15-9-4-5-10-16(15)21(26)28/h1-12,18H,13H2,(H,24,25,27)/t18-/m1/s1. The van der Waals surface area contributed by atoms with Crippen LogP contribution >= 0.6 is 11.3 Å². The van der Waals surface area contributed by atoms with Crippen LogP contribution in [0.15, 0.2) is 72.9 Å². The number of carbonyl (C=O) groups is 2. The van der Waals surface area contributed by atoms with Crippen molar-refractivity contribution in [1.82, 2.24) is 14.9 Å². The van der Waals surface area contributed by atoms with Crippen LogP contribution in [0.2, 0.25) is 0 Å². The molecule has 0 unspecified atom stereocenters. The molecule has 1 atom stereocenters. The van der Waals surface area contributed by atoms with Crippen LogP contribution in [0.1, 0.15) is 27.5 Å². The molecule has 3 heterocycles. The molecule has 2 aromatic carbocycles. The van der Waals surface area contributed by atoms with E-state index in [0.29, 0.717) is 17.2 Å². The Hall–Kier alpha value is -3.58. The van der Waals surface area contributed by atoms with Crippen LogP contribution in [0.25, 0.3) is 10.3 Å². The molecule has 4 aromatic rings. The molecule has 7 heteroatoms. The number of fused-ring (bicyclic) bond motifs is 2. The summed E-state index contributed by atoms with van der Waals surface area (Å²) >= 11 is 1.31. The molecular weight excluding hydrogens is 384 g/mol. The van der Waals surface area contributed by atoms with E-state index in [1.165, 1.54) is 11.3 Å². The Morgan fingerprint density at radius 1 is 1.03 bits per heavy atom. The number of rotatable bonds is 4. The van der Waals surface area contributed by atoms with Gasteiger partial charge >= 0.3 is 0 Å². The van der Waals surface area contributed by atoms with Crippen molar-refractivity contribution in [2.24, 2.45) is 0 Å². The highest BCUT2D eigenvalue weighted by Crippen LogP contribution is 2.33. The predicted molar refractivity (Wildman–Crippen MR) is 112 cm³/mol. The van der Waals surface area contributed by atoms with E-state index in [1.807, 2.05) is 54.6 Å². The van der Waals surface area contributed by atoms with E-state index in [2.05, 4.69) is 15.3 Å². The molecule has 0 aliphatic carbocycles. The van der Waals surface area contributed by atoms with Gasteiger partial charge in [0.2, 0.25) is 0 Å². The van der Waals surface area contributed by atoms with Gasteiger partial charge in [-0.15, -0.1) is 0 Å². The first-order valence-electron chi connectivity index (χ1n) is 9.17. The summed E-state index contributed by atoms with van der Waals surface area (Å²) in [6, 6.07) is 19.7. The monoisotopic (exact) mass is 400 g/mol. The van der Waals surface area contributed by atoms with Crippen molar-refractivity contribution in [1.29, 1.82) is 0 Å². The van der Waals surface area contributed by atoms with E-state index in [0.717, 1.165) is 21.5 Å². The lowest BCUT2D eigenvalue weighted by Crippen LogP contribution is -2.37. The lowest BCUT2D eigenvalue weighted by molar-refractivity contribution is -0.120. The summed E-state index contributed by atoms with van der Waals surface area (Å²) < 4.78 is 0. The molecule has 0 saturated heterocycles. The molecule has 6 nitrogen and oxygen atoms in total. The first-order valence-corrected chi connectivity index (χ1v) is 9.98. The molecular formula is C22H16N4O2S. The summed E-state index contributed by atoms with van der Waals surface area (Å²) in [5.74, 6) is -0.438. The molecule has 1 aliphatic heterocycles. The second kappa shape index (κ2) is 7.10. The molecule has 0 radical (unpaired) electrons. The number of nitrogens with zero attached hydrogens (tertiary/aromatic N) is 3. The highest BCUT2D eigenvalue weighted by molar-refractivity contribution is 7.21. The van der Waals surface area contributed by atoms with Gasteiger partial charge in [-0.25, -0.2) is 9.97 Å². The Kier molecular flexibility index (Phi) is 4.29. The Balaban J connectivity index is 1.49. The van der Waals surface area contributed by atoms with Crippen LogP contribution < -0.4 is 5.32 Å². The van der Waals surface area contributed by atoms with Crippen LogP contribution in [0.4, 0.5) is 5.13 Å². The SMILES string of the molecule is O=C(Nc1nc2cccnc2s1)[C@@H](c1ccccc1)N1Cc2ccccc2C1=O. The van der Waals surface area contributed by atoms with Gasteiger partial charge in [-0.2, -0.15) is 0 Å². The van der Waals surface area contributed by atoms with Gasteiger partial charge in [0, 0.05) is 18.3 Å². The Morgan fingerprint density at radius 2 is 1.83 bits per heavy atom. The summed E-state index contributed by atoms with van der Waals surface area (Å²) in [6.07, 6.45) is 1.69. The maximum Gasteiger partial charge on any atom is 0.255 e. The average molecular weight is 400 g/mol. The van der Waals surface area contributed by atoms with E-state index in [1.54, 1.807) is 23.2 Å². The van der Waals surface area contributed by atoms with E-state index >= 15 is 0 Å². The van der Waals surface area contributed by atoms with Crippen LogP contribution in [0.5, 0.6) is 0 Å². The summed E-state index contributed by atoms with van der Waals surface area (Å²) in [5, 5.41) is 3.36. The number of carbonyl (C=O) groups excluding carboxylic acids is 2. The number of hydrogen-bond donors (Lipinski definition) is 1. The third kappa shape index (κ3) is 3.15. The van der Waals surface area contributed by atoms with Crippen molar-refractivity contribution in [3.05, 3.63) is 89.6 Å². The van der Waals surface area contributed by atoms with Gasteiger partial charge in [0.05, 0.1) is 0 Å². The van der Waals surface area contributed by atoms with Crippen molar-refractivity contribution in [2.75, 3.05) is 5.32 Å². The van der Waals surface area contributed by atoms with Crippen molar-refractivity contribution < 1.29 is 9.59 Å². The average Bonchev–Trinajstić information content (AvgIpc) is 3.30. The van der Waals surface area contributed by atoms with Crippen LogP contribution in [-0.2, 0) is 11.3 Å². The molecule has 0 fully saturated rings. The minimum Gasteiger partial charge on any atom is -0.318 e. The number of aromatic nitrogens is 2. The van der Waals surface area contributed by atoms with Gasteiger partial charge < -0.3 is 4.90 Å². The fraction of sp³-hybridized carbons (Fsp3) is 0.0909. The zero-order valence-electron chi connectivity index (χ0n) is 15.3. The Bertz CT molecular complexity index is 1190. The first kappa shape index (κ1) is 17.5. The van der Waals surface area contributed by atoms with E-state index in [4.69, 9.17) is 0 Å². The maximum absolute atomic E-state index is 13.3. The lowest BCUT2D eigenvalue weighted by atomic mass is 10.0. The van der Waals surface area contributed by atoms with Crippen LogP contribution in [0.3, 0.4) is 0 Å². The first-order chi connectivity index (χ1) is 14.2. The topological polar surface area (TPSA) is 75.2 Å². The van der Waals surface area contributed by atoms with Gasteiger partial charge in [-0.05, 0) is 29.3 Å². The summed E-state index contributed by atoms with van der Waals surface area (Å²) in [6.45, 7) is 0.392. The zero-order valence-corrected chi connectivity index (χ0v) is 16.1. The predicted octanol–water partition coefficient (Wildman–Crippen LogP) is 4.03. The number of pyridine rings is 1. The number of thiazole rings is 1. The highest BCUT2D eigenvalue weighted by atomic mass is 32.1. The zero-order chi connectivity index (χ0) is 19.8. The molecule has 5 rings (SSSR count). The molecule has 142 valence electrons. The largest absolute Gasteiger partial charge is 0.318 e. The fourth-order valence-electron chi connectivity index (χ4n) is 3.59. The maximum atomic E-state index is 13.3. The Morgan fingerprint density at radius 3 is 2.62 bits per heavy atom. The third-order valence-electron chi connectivity index (χ3n) is 4.92. The van der Waals surface area contributed by atoms with Gasteiger partial charge in [0.1, 0.15) is 16.4 Å². The minimum absolute atomic E-state index is 0.143. The molecule has 2 amide bonds. The van der Waals surface area contributed by atoms with E-state index < -0.39 is 6.04 Å². The molecule has 0 saturated carbocycles. The van der Waals surface area contributed by atoms with Gasteiger partial charge in [-0.3, -0.25) is 14.9 Å². The van der Waals surface area contributed by atoms with E-state index in [9.17, 15) is 9.59 Å². The van der Waals surface area contributed by atoms with Crippen molar-refractivity contribution in [3.8, 4) is 0 Å². The number of nitrogens with one attached hydrogen (secondary N) is 1. The van der Waals surface area contributed by atoms with Gasteiger partial charge in [-0.1, -0.05) is 59.9 Å². The second-order valence-electron chi connectivity index (χ2n) is 6.74. The number of amides is 2. The summed E-state index contributed by atoms with van der Waals surface area (Å²) in [4.78, 5) is 37.4. The molecule has 2 aromatic heterocycles. The molecule has 0 spiro atoms. The highest BCUT2D eigenvalue weighted by Gasteiger charge is 2.37. The van der Waals surface area contributed by atoms with E-state index in [-0.39, 0.29) is 11.8 Å². The third-order valence-corrected chi connectivity index (χ3v) is 5.82. The van der Waals surface area contributed by atoms with Crippen molar-refractivity contribution >= 4 is 38.6 Å². The van der Waals surface area contributed by atoms with Crippen molar-refractivity contribution in [3.63, 3.8) is 0 Å². The van der Waals surface area contributed by atoms with Crippen LogP contribution in [0, 0.1) is 0 Å². The summed E-state index contributed by atoms with van der Waals surface area (Å²) in [5.41, 5.74) is 3.06. The fourth-order valence-corrected chi connectivity index (χ4v) is 4.40. The number of hydrogen-bond acceptors (Lipinski definition) is 5. The van der Waals surface area contributed by atoms with Crippen LogP contribution in [-0.4, -0.2) is 26.7 Å². The molecule has 1 N–H and O–H groups in total.